The van der Waals surface area contributed by atoms with E-state index in [0.717, 1.165) is 0 Å². The van der Waals surface area contributed by atoms with Crippen LogP contribution in [0.2, 0.25) is 0 Å². The molecule has 0 aliphatic heterocycles. The fourth-order valence-corrected chi connectivity index (χ4v) is 0.940. The van der Waals surface area contributed by atoms with Gasteiger partial charge in [0.25, 0.3) is 0 Å². The predicted octanol–water partition coefficient (Wildman–Crippen LogP) is 0.396. The van der Waals surface area contributed by atoms with Crippen molar-refractivity contribution in [3.05, 3.63) is 48.5 Å². The molecular weight excluding hydrogens is 190 g/mol. The summed E-state index contributed by atoms with van der Waals surface area (Å²) in [6, 6.07) is 16.5. The van der Waals surface area contributed by atoms with Gasteiger partial charge in [0.05, 0.1) is 0 Å². The van der Waals surface area contributed by atoms with Gasteiger partial charge >= 0.3 is 110 Å². The molecule has 0 radical (unpaired) electrons. The van der Waals surface area contributed by atoms with Crippen LogP contribution < -0.4 is 8.47 Å². The van der Waals surface area contributed by atoms with Gasteiger partial charge in [-0.15, -0.1) is 0 Å². The predicted molar refractivity (Wildman–Crippen MR) is 54.8 cm³/mol. The minimum absolute atomic E-state index is 0. The molecule has 0 aliphatic rings. The van der Waals surface area contributed by atoms with Crippen LogP contribution in [0.3, 0.4) is 0 Å². The van der Waals surface area contributed by atoms with Gasteiger partial charge in [-0.25, -0.2) is 0 Å². The van der Waals surface area contributed by atoms with Gasteiger partial charge in [0.2, 0.25) is 0 Å². The van der Waals surface area contributed by atoms with Crippen LogP contribution in [0.4, 0.5) is 0 Å². The van der Waals surface area contributed by atoms with E-state index in [1.165, 1.54) is 8.47 Å². The second-order valence-electron chi connectivity index (χ2n) is 2.92. The molecule has 0 spiro atoms. The van der Waals surface area contributed by atoms with Crippen LogP contribution in [0.15, 0.2) is 48.5 Å². The van der Waals surface area contributed by atoms with E-state index < -0.39 is 0 Å². The molecule has 2 aromatic rings. The molecule has 2 rings (SSSR count). The normalized spacial score (nSPS) is 8.31. The van der Waals surface area contributed by atoms with E-state index in [2.05, 4.69) is 59.7 Å². The average Bonchev–Trinajstić information content (AvgIpc) is 2.63. The standard InChI is InChI=1S/2C5H4.Fe.2Li/c2*1-2-4-5-3-1;;;/h2*1-4H;;;/q2*-1;+2;;. The quantitative estimate of drug-likeness (QED) is 0.424. The van der Waals surface area contributed by atoms with Crippen molar-refractivity contribution in [3.63, 3.8) is 0 Å². The Morgan fingerprint density at radius 3 is 0.923 bits per heavy atom. The van der Waals surface area contributed by atoms with E-state index in [9.17, 15) is 0 Å². The zero-order chi connectivity index (χ0) is 8.81. The third-order valence-electron chi connectivity index (χ3n) is 1.66. The van der Waals surface area contributed by atoms with Crippen LogP contribution in [-0.2, 0) is 17.1 Å². The monoisotopic (exact) mass is 198 g/mol. The average molecular weight is 198 g/mol. The minimum atomic E-state index is 0. The van der Waals surface area contributed by atoms with Gasteiger partial charge in [0.1, 0.15) is 0 Å². The molecule has 0 aromatic heterocycles. The fraction of sp³-hybridized carbons (Fsp3) is 0. The number of hydrogen-bond acceptors (Lipinski definition) is 0. The molecule has 13 heavy (non-hydrogen) atoms. The summed E-state index contributed by atoms with van der Waals surface area (Å²) >= 11 is 4.17. The topological polar surface area (TPSA) is 0 Å². The molecule has 0 saturated heterocycles. The van der Waals surface area contributed by atoms with Crippen LogP contribution in [0.1, 0.15) is 0 Å². The van der Waals surface area contributed by atoms with Gasteiger partial charge in [-0.05, 0) is 0 Å². The van der Waals surface area contributed by atoms with Crippen molar-refractivity contribution in [3.8, 4) is 0 Å². The summed E-state index contributed by atoms with van der Waals surface area (Å²) in [6.07, 6.45) is 0. The summed E-state index contributed by atoms with van der Waals surface area (Å²) in [5.74, 6) is 0. The van der Waals surface area contributed by atoms with E-state index in [0.29, 0.717) is 0 Å². The first-order valence-corrected chi connectivity index (χ1v) is 4.15. The summed E-state index contributed by atoms with van der Waals surface area (Å²) in [4.78, 5) is 0. The van der Waals surface area contributed by atoms with E-state index in [1.54, 1.807) is 0 Å². The molecule has 0 nitrogen and oxygen atoms in total. The van der Waals surface area contributed by atoms with Gasteiger partial charge in [-0.3, -0.25) is 0 Å². The molecule has 0 bridgehead atoms. The van der Waals surface area contributed by atoms with Crippen molar-refractivity contribution < 1.29 is 17.1 Å². The zero-order valence-electron chi connectivity index (χ0n) is 7.97. The van der Waals surface area contributed by atoms with Crippen molar-refractivity contribution >= 4 is 43.9 Å². The van der Waals surface area contributed by atoms with Crippen LogP contribution in [0.25, 0.3) is 0 Å². The maximum atomic E-state index is 2.08. The second-order valence-corrected chi connectivity index (χ2v) is 2.92. The third-order valence-corrected chi connectivity index (χ3v) is 1.66. The molecule has 3 heteroatoms. The van der Waals surface area contributed by atoms with E-state index in [4.69, 9.17) is 0 Å². The van der Waals surface area contributed by atoms with Gasteiger partial charge in [-0.2, -0.15) is 0 Å². The molecule has 0 unspecified atom stereocenters. The second kappa shape index (κ2) is 7.78. The van der Waals surface area contributed by atoms with Crippen molar-refractivity contribution in [2.24, 2.45) is 0 Å². The molecule has 0 N–H and O–H groups in total. The summed E-state index contributed by atoms with van der Waals surface area (Å²) in [5.41, 5.74) is 0. The first-order valence-electron chi connectivity index (χ1n) is 4.15. The Kier molecular flexibility index (Phi) is 8.03. The fourth-order valence-electron chi connectivity index (χ4n) is 0.940. The Hall–Kier alpha value is 0.414. The number of hydrogen-bond donors (Lipinski definition) is 0. The Morgan fingerprint density at radius 2 is 0.846 bits per heavy atom. The molecule has 0 heterocycles. The van der Waals surface area contributed by atoms with E-state index >= 15 is 0 Å². The Morgan fingerprint density at radius 1 is 0.615 bits per heavy atom. The molecule has 58 valence electrons. The van der Waals surface area contributed by atoms with Crippen LogP contribution >= 0.6 is 0 Å². The van der Waals surface area contributed by atoms with Crippen LogP contribution in [0, 0.1) is 0 Å². The molecule has 0 atom stereocenters. The molecule has 0 aliphatic carbocycles. The molecule has 0 amide bonds. The van der Waals surface area contributed by atoms with Crippen molar-refractivity contribution in [2.45, 2.75) is 0 Å². The third kappa shape index (κ3) is 6.48. The van der Waals surface area contributed by atoms with Crippen LogP contribution in [-0.4, -0.2) is 35.4 Å². The Balaban J connectivity index is 0.000000206. The van der Waals surface area contributed by atoms with Gasteiger partial charge < -0.3 is 0 Å². The molecule has 2 aromatic carbocycles. The molecule has 0 fully saturated rings. The van der Waals surface area contributed by atoms with Crippen molar-refractivity contribution in [1.29, 1.82) is 0 Å². The Bertz CT molecular complexity index is 252. The maximum absolute atomic E-state index is 2.08. The van der Waals surface area contributed by atoms with Gasteiger partial charge in [-0.1, -0.05) is 0 Å². The van der Waals surface area contributed by atoms with Gasteiger partial charge in [0, 0.05) is 0 Å². The van der Waals surface area contributed by atoms with Crippen LogP contribution in [0.5, 0.6) is 0 Å². The number of rotatable bonds is 0. The first-order chi connectivity index (χ1) is 5.79. The molecule has 0 saturated carbocycles. The first kappa shape index (κ1) is 13.4. The zero-order valence-corrected chi connectivity index (χ0v) is 9.08. The SMILES string of the molecule is [Fe+2].[Li][c-]1cccc1.[Li][c-]1cccc1. The molecular formula is C10H8FeLi2. The van der Waals surface area contributed by atoms with Crippen molar-refractivity contribution in [1.82, 2.24) is 0 Å². The van der Waals surface area contributed by atoms with E-state index in [1.807, 2.05) is 24.3 Å². The summed E-state index contributed by atoms with van der Waals surface area (Å²) in [7, 11) is 0. The summed E-state index contributed by atoms with van der Waals surface area (Å²) in [6.45, 7) is 0. The summed E-state index contributed by atoms with van der Waals surface area (Å²) in [5, 5.41) is 0. The van der Waals surface area contributed by atoms with Gasteiger partial charge in [0.15, 0.2) is 0 Å². The Labute approximate surface area is 109 Å². The summed E-state index contributed by atoms with van der Waals surface area (Å²) < 4.78 is 2.69. The van der Waals surface area contributed by atoms with Crippen molar-refractivity contribution in [2.75, 3.05) is 0 Å². The van der Waals surface area contributed by atoms with E-state index in [-0.39, 0.29) is 17.1 Å².